The third-order valence-electron chi connectivity index (χ3n) is 6.43. The van der Waals surface area contributed by atoms with Gasteiger partial charge in [-0.3, -0.25) is 9.59 Å². The summed E-state index contributed by atoms with van der Waals surface area (Å²) in [6.07, 6.45) is 0.0794. The molecule has 3 rings (SSSR count). The Balaban J connectivity index is 2.00. The minimum absolute atomic E-state index is 0.0964. The number of aromatic hydroxyl groups is 1. The van der Waals surface area contributed by atoms with Crippen LogP contribution < -0.4 is 10.6 Å². The number of carbonyl (C=O) groups excluding carboxylic acids is 3. The molecule has 3 aromatic rings. The minimum atomic E-state index is -0.996. The first-order chi connectivity index (χ1) is 19.5. The predicted octanol–water partition coefficient (Wildman–Crippen LogP) is 5.43. The topological polar surface area (TPSA) is 108 Å². The molecule has 3 N–H and O–H groups in total. The first-order valence-corrected chi connectivity index (χ1v) is 13.9. The van der Waals surface area contributed by atoms with Crippen LogP contribution in [0.15, 0.2) is 78.9 Å². The van der Waals surface area contributed by atoms with E-state index in [9.17, 15) is 19.5 Å². The number of phenolic OH excluding ortho intramolecular Hbond substituents is 1. The summed E-state index contributed by atoms with van der Waals surface area (Å²) in [5.41, 5.74) is 2.16. The second kappa shape index (κ2) is 14.3. The maximum atomic E-state index is 14.3. The lowest BCUT2D eigenvalue weighted by Crippen LogP contribution is -2.54. The van der Waals surface area contributed by atoms with Crippen molar-refractivity contribution in [2.45, 2.75) is 71.7 Å². The van der Waals surface area contributed by atoms with Gasteiger partial charge in [0.2, 0.25) is 11.8 Å². The molecule has 218 valence electrons. The van der Waals surface area contributed by atoms with Gasteiger partial charge in [0.15, 0.2) is 0 Å². The molecule has 0 radical (unpaired) electrons. The van der Waals surface area contributed by atoms with Crippen LogP contribution in [-0.2, 0) is 27.3 Å². The quantitative estimate of drug-likeness (QED) is 0.290. The van der Waals surface area contributed by atoms with E-state index in [1.807, 2.05) is 67.6 Å². The van der Waals surface area contributed by atoms with Crippen LogP contribution in [0.2, 0.25) is 0 Å². The molecule has 3 amide bonds. The lowest BCUT2D eigenvalue weighted by molar-refractivity contribution is -0.142. The van der Waals surface area contributed by atoms with E-state index >= 15 is 0 Å². The van der Waals surface area contributed by atoms with Crippen molar-refractivity contribution in [1.82, 2.24) is 15.5 Å². The zero-order chi connectivity index (χ0) is 30.0. The van der Waals surface area contributed by atoms with Gasteiger partial charge in [-0.25, -0.2) is 4.79 Å². The van der Waals surface area contributed by atoms with E-state index in [2.05, 4.69) is 10.6 Å². The third-order valence-corrected chi connectivity index (χ3v) is 6.43. The van der Waals surface area contributed by atoms with Gasteiger partial charge in [-0.15, -0.1) is 0 Å². The number of carbonyl (C=O) groups is 3. The Morgan fingerprint density at radius 1 is 0.927 bits per heavy atom. The number of amides is 3. The number of hydrogen-bond donors (Lipinski definition) is 3. The Hall–Kier alpha value is -4.33. The normalized spacial score (nSPS) is 12.6. The summed E-state index contributed by atoms with van der Waals surface area (Å²) in [5.74, 6) is -0.678. The average Bonchev–Trinajstić information content (AvgIpc) is 2.93. The molecular weight excluding hydrogens is 518 g/mol. The molecule has 0 aliphatic rings. The SMILES string of the molecule is CCCN(C(=O)C(Cc1ccccc1)NC(=O)OC(C)(C)C)C(C(=O)NCc1ccccc1)c1ccc(O)c(C)c1. The maximum absolute atomic E-state index is 14.3. The summed E-state index contributed by atoms with van der Waals surface area (Å²) in [6, 6.07) is 21.8. The van der Waals surface area contributed by atoms with Crippen molar-refractivity contribution in [3.8, 4) is 5.75 Å². The molecule has 2 atom stereocenters. The number of phenols is 1. The fourth-order valence-electron chi connectivity index (χ4n) is 4.51. The highest BCUT2D eigenvalue weighted by atomic mass is 16.6. The van der Waals surface area contributed by atoms with Crippen LogP contribution in [-0.4, -0.2) is 46.1 Å². The number of hydrogen-bond acceptors (Lipinski definition) is 5. The largest absolute Gasteiger partial charge is 0.508 e. The van der Waals surface area contributed by atoms with E-state index in [0.29, 0.717) is 17.5 Å². The summed E-state index contributed by atoms with van der Waals surface area (Å²) in [7, 11) is 0. The molecule has 8 nitrogen and oxygen atoms in total. The standard InChI is InChI=1S/C33H41N3O5/c1-6-19-36(31(39)27(21-24-13-9-7-10-14-24)35-32(40)41-33(3,4)5)29(26-17-18-28(37)23(2)20-26)30(38)34-22-25-15-11-8-12-16-25/h7-18,20,27,29,37H,6,19,21-22H2,1-5H3,(H,34,38)(H,35,40). The molecule has 3 aromatic carbocycles. The van der Waals surface area contributed by atoms with Crippen molar-refractivity contribution in [3.63, 3.8) is 0 Å². The van der Waals surface area contributed by atoms with Crippen LogP contribution in [0.3, 0.4) is 0 Å². The smallest absolute Gasteiger partial charge is 0.408 e. The van der Waals surface area contributed by atoms with Crippen LogP contribution in [0.5, 0.6) is 5.75 Å². The van der Waals surface area contributed by atoms with Crippen molar-refractivity contribution in [2.75, 3.05) is 6.54 Å². The predicted molar refractivity (Wildman–Crippen MR) is 159 cm³/mol. The summed E-state index contributed by atoms with van der Waals surface area (Å²) < 4.78 is 5.48. The molecule has 41 heavy (non-hydrogen) atoms. The number of rotatable bonds is 11. The highest BCUT2D eigenvalue weighted by molar-refractivity contribution is 5.92. The molecular formula is C33H41N3O5. The van der Waals surface area contributed by atoms with Crippen LogP contribution in [0, 0.1) is 6.92 Å². The molecule has 0 saturated heterocycles. The average molecular weight is 560 g/mol. The Kier molecular flexibility index (Phi) is 10.9. The van der Waals surface area contributed by atoms with E-state index in [1.165, 1.54) is 11.0 Å². The minimum Gasteiger partial charge on any atom is -0.508 e. The molecule has 2 unspecified atom stereocenters. The molecule has 0 heterocycles. The molecule has 0 fully saturated rings. The molecule has 0 aliphatic carbocycles. The summed E-state index contributed by atoms with van der Waals surface area (Å²) in [5, 5.41) is 15.9. The summed E-state index contributed by atoms with van der Waals surface area (Å²) in [6.45, 7) is 9.48. The van der Waals surface area contributed by atoms with Gasteiger partial charge in [-0.05, 0) is 68.5 Å². The summed E-state index contributed by atoms with van der Waals surface area (Å²) >= 11 is 0. The fourth-order valence-corrected chi connectivity index (χ4v) is 4.51. The Morgan fingerprint density at radius 3 is 2.10 bits per heavy atom. The number of alkyl carbamates (subject to hydrolysis) is 1. The first kappa shape index (κ1) is 31.2. The van der Waals surface area contributed by atoms with Gasteiger partial charge >= 0.3 is 6.09 Å². The highest BCUT2D eigenvalue weighted by Crippen LogP contribution is 2.28. The monoisotopic (exact) mass is 559 g/mol. The van der Waals surface area contributed by atoms with Crippen LogP contribution in [0.25, 0.3) is 0 Å². The van der Waals surface area contributed by atoms with Crippen LogP contribution in [0.4, 0.5) is 4.79 Å². The Labute approximate surface area is 242 Å². The maximum Gasteiger partial charge on any atom is 0.408 e. The second-order valence-electron chi connectivity index (χ2n) is 11.1. The summed E-state index contributed by atoms with van der Waals surface area (Å²) in [4.78, 5) is 42.5. The van der Waals surface area contributed by atoms with Crippen LogP contribution >= 0.6 is 0 Å². The number of benzene rings is 3. The van der Waals surface area contributed by atoms with Gasteiger partial charge in [0.05, 0.1) is 0 Å². The third kappa shape index (κ3) is 9.38. The highest BCUT2D eigenvalue weighted by Gasteiger charge is 2.36. The van der Waals surface area contributed by atoms with Gasteiger partial charge in [-0.2, -0.15) is 0 Å². The van der Waals surface area contributed by atoms with Gasteiger partial charge in [0.1, 0.15) is 23.4 Å². The van der Waals surface area contributed by atoms with Gasteiger partial charge in [0.25, 0.3) is 0 Å². The van der Waals surface area contributed by atoms with Crippen LogP contribution in [0.1, 0.15) is 62.4 Å². The van der Waals surface area contributed by atoms with E-state index in [0.717, 1.165) is 11.1 Å². The molecule has 0 bridgehead atoms. The van der Waals surface area contributed by atoms with Gasteiger partial charge in [-0.1, -0.05) is 73.7 Å². The molecule has 0 aliphatic heterocycles. The second-order valence-corrected chi connectivity index (χ2v) is 11.1. The van der Waals surface area contributed by atoms with Crippen molar-refractivity contribution in [2.24, 2.45) is 0 Å². The van der Waals surface area contributed by atoms with Crippen molar-refractivity contribution >= 4 is 17.9 Å². The van der Waals surface area contributed by atoms with E-state index in [1.54, 1.807) is 39.8 Å². The fraction of sp³-hybridized carbons (Fsp3) is 0.364. The molecule has 0 saturated carbocycles. The van der Waals surface area contributed by atoms with Crippen molar-refractivity contribution in [1.29, 1.82) is 0 Å². The lowest BCUT2D eigenvalue weighted by atomic mass is 9.98. The number of nitrogens with one attached hydrogen (secondary N) is 2. The van der Waals surface area contributed by atoms with Crippen molar-refractivity contribution < 1.29 is 24.2 Å². The molecule has 8 heteroatoms. The Bertz CT molecular complexity index is 1310. The zero-order valence-electron chi connectivity index (χ0n) is 24.5. The number of ether oxygens (including phenoxy) is 1. The zero-order valence-corrected chi connectivity index (χ0v) is 24.5. The van der Waals surface area contributed by atoms with E-state index in [4.69, 9.17) is 4.74 Å². The van der Waals surface area contributed by atoms with E-state index in [-0.39, 0.29) is 31.2 Å². The lowest BCUT2D eigenvalue weighted by Gasteiger charge is -2.34. The number of aryl methyl sites for hydroxylation is 1. The first-order valence-electron chi connectivity index (χ1n) is 13.9. The number of nitrogens with zero attached hydrogens (tertiary/aromatic N) is 1. The van der Waals surface area contributed by atoms with Gasteiger partial charge in [0, 0.05) is 19.5 Å². The van der Waals surface area contributed by atoms with E-state index < -0.39 is 29.7 Å². The Morgan fingerprint density at radius 2 is 1.54 bits per heavy atom. The van der Waals surface area contributed by atoms with Gasteiger partial charge < -0.3 is 25.4 Å². The molecule has 0 spiro atoms. The van der Waals surface area contributed by atoms with Crippen molar-refractivity contribution in [3.05, 3.63) is 101 Å². The molecule has 0 aromatic heterocycles.